The van der Waals surface area contributed by atoms with Crippen LogP contribution in [0.1, 0.15) is 46.0 Å². The van der Waals surface area contributed by atoms with E-state index in [0.29, 0.717) is 12.3 Å². The Morgan fingerprint density at radius 3 is 2.67 bits per heavy atom. The second-order valence-corrected chi connectivity index (χ2v) is 3.64. The summed E-state index contributed by atoms with van der Waals surface area (Å²) in [4.78, 5) is 11.0. The summed E-state index contributed by atoms with van der Waals surface area (Å²) in [5, 5.41) is 0. The fourth-order valence-electron chi connectivity index (χ4n) is 1.71. The van der Waals surface area contributed by atoms with Gasteiger partial charge in [0, 0.05) is 6.42 Å². The second-order valence-electron chi connectivity index (χ2n) is 3.64. The molecule has 0 aromatic carbocycles. The summed E-state index contributed by atoms with van der Waals surface area (Å²) in [6.45, 7) is 4.02. The van der Waals surface area contributed by atoms with E-state index in [1.54, 1.807) is 0 Å². The third kappa shape index (κ3) is 2.50. The summed E-state index contributed by atoms with van der Waals surface area (Å²) in [7, 11) is 0. The normalized spacial score (nSPS) is 29.8. The highest BCUT2D eigenvalue weighted by Crippen LogP contribution is 2.26. The Morgan fingerprint density at radius 2 is 2.08 bits per heavy atom. The molecule has 1 saturated carbocycles. The van der Waals surface area contributed by atoms with E-state index in [9.17, 15) is 4.79 Å². The molecular weight excluding hydrogens is 152 g/mol. The highest BCUT2D eigenvalue weighted by atomic mass is 16.5. The molecule has 0 heterocycles. The molecule has 2 heteroatoms. The molecule has 0 aromatic heterocycles. The van der Waals surface area contributed by atoms with Crippen LogP contribution in [0, 0.1) is 5.92 Å². The molecule has 0 saturated heterocycles. The highest BCUT2D eigenvalue weighted by Gasteiger charge is 2.23. The smallest absolute Gasteiger partial charge is 0.305 e. The summed E-state index contributed by atoms with van der Waals surface area (Å²) in [5.74, 6) is 0.517. The molecule has 1 aliphatic carbocycles. The number of rotatable bonds is 2. The van der Waals surface area contributed by atoms with Crippen molar-refractivity contribution in [2.45, 2.75) is 52.1 Å². The van der Waals surface area contributed by atoms with Crippen molar-refractivity contribution in [1.82, 2.24) is 0 Å². The van der Waals surface area contributed by atoms with Crippen molar-refractivity contribution >= 4 is 5.97 Å². The SMILES string of the molecule is CCC(=O)O[C@H]1CCCC[C@@H]1C. The molecule has 12 heavy (non-hydrogen) atoms. The van der Waals surface area contributed by atoms with E-state index in [-0.39, 0.29) is 12.1 Å². The molecular formula is C10H18O2. The molecule has 0 bridgehead atoms. The minimum absolute atomic E-state index is 0.0475. The molecule has 2 atom stereocenters. The maximum Gasteiger partial charge on any atom is 0.305 e. The lowest BCUT2D eigenvalue weighted by molar-refractivity contribution is -0.152. The van der Waals surface area contributed by atoms with Crippen molar-refractivity contribution in [3.63, 3.8) is 0 Å². The van der Waals surface area contributed by atoms with E-state index < -0.39 is 0 Å². The van der Waals surface area contributed by atoms with Crippen LogP contribution in [0.5, 0.6) is 0 Å². The number of esters is 1. The predicted molar refractivity (Wildman–Crippen MR) is 47.8 cm³/mol. The Hall–Kier alpha value is -0.530. The van der Waals surface area contributed by atoms with Gasteiger partial charge in [0.1, 0.15) is 6.10 Å². The Bertz CT molecular complexity index is 154. The van der Waals surface area contributed by atoms with Gasteiger partial charge in [-0.2, -0.15) is 0 Å². The number of ether oxygens (including phenoxy) is 1. The van der Waals surface area contributed by atoms with Gasteiger partial charge in [-0.15, -0.1) is 0 Å². The number of carbonyl (C=O) groups excluding carboxylic acids is 1. The van der Waals surface area contributed by atoms with E-state index >= 15 is 0 Å². The molecule has 70 valence electrons. The molecule has 0 unspecified atom stereocenters. The fourth-order valence-corrected chi connectivity index (χ4v) is 1.71. The van der Waals surface area contributed by atoms with Gasteiger partial charge in [-0.25, -0.2) is 0 Å². The van der Waals surface area contributed by atoms with Crippen LogP contribution in [-0.2, 0) is 9.53 Å². The Morgan fingerprint density at radius 1 is 1.42 bits per heavy atom. The first-order chi connectivity index (χ1) is 5.74. The topological polar surface area (TPSA) is 26.3 Å². The summed E-state index contributed by atoms with van der Waals surface area (Å²) in [6, 6.07) is 0. The summed E-state index contributed by atoms with van der Waals surface area (Å²) >= 11 is 0. The lowest BCUT2D eigenvalue weighted by atomic mass is 9.88. The molecule has 1 rings (SSSR count). The zero-order valence-corrected chi connectivity index (χ0v) is 8.01. The van der Waals surface area contributed by atoms with Gasteiger partial charge in [-0.05, 0) is 25.2 Å². The van der Waals surface area contributed by atoms with Crippen LogP contribution < -0.4 is 0 Å². The average molecular weight is 170 g/mol. The van der Waals surface area contributed by atoms with Gasteiger partial charge in [0.15, 0.2) is 0 Å². The molecule has 0 amide bonds. The van der Waals surface area contributed by atoms with Gasteiger partial charge in [0.05, 0.1) is 0 Å². The molecule has 0 N–H and O–H groups in total. The van der Waals surface area contributed by atoms with E-state index in [2.05, 4.69) is 6.92 Å². The summed E-state index contributed by atoms with van der Waals surface area (Å²) in [6.07, 6.45) is 5.48. The maximum absolute atomic E-state index is 11.0. The molecule has 1 aliphatic rings. The standard InChI is InChI=1S/C10H18O2/c1-3-10(11)12-9-7-5-4-6-8(9)2/h8-9H,3-7H2,1-2H3/t8-,9-/m0/s1. The quantitative estimate of drug-likeness (QED) is 0.595. The van der Waals surface area contributed by atoms with Crippen LogP contribution in [0.3, 0.4) is 0 Å². The minimum atomic E-state index is -0.0475. The average Bonchev–Trinajstić information content (AvgIpc) is 2.09. The van der Waals surface area contributed by atoms with Crippen LogP contribution in [0.4, 0.5) is 0 Å². The van der Waals surface area contributed by atoms with Crippen LogP contribution in [0.2, 0.25) is 0 Å². The largest absolute Gasteiger partial charge is 0.462 e. The summed E-state index contributed by atoms with van der Waals surface area (Å²) in [5.41, 5.74) is 0. The number of carbonyl (C=O) groups is 1. The van der Waals surface area contributed by atoms with Gasteiger partial charge < -0.3 is 4.74 Å². The monoisotopic (exact) mass is 170 g/mol. The maximum atomic E-state index is 11.0. The van der Waals surface area contributed by atoms with Crippen molar-refractivity contribution in [3.05, 3.63) is 0 Å². The van der Waals surface area contributed by atoms with E-state index in [0.717, 1.165) is 6.42 Å². The minimum Gasteiger partial charge on any atom is -0.462 e. The Labute approximate surface area is 74.3 Å². The van der Waals surface area contributed by atoms with Crippen molar-refractivity contribution in [1.29, 1.82) is 0 Å². The van der Waals surface area contributed by atoms with Gasteiger partial charge >= 0.3 is 5.97 Å². The highest BCUT2D eigenvalue weighted by molar-refractivity contribution is 5.69. The van der Waals surface area contributed by atoms with E-state index in [1.165, 1.54) is 19.3 Å². The third-order valence-corrected chi connectivity index (χ3v) is 2.60. The first-order valence-corrected chi connectivity index (χ1v) is 4.93. The van der Waals surface area contributed by atoms with Gasteiger partial charge in [0.2, 0.25) is 0 Å². The third-order valence-electron chi connectivity index (χ3n) is 2.60. The Balaban J connectivity index is 2.33. The first-order valence-electron chi connectivity index (χ1n) is 4.93. The van der Waals surface area contributed by atoms with E-state index in [4.69, 9.17) is 4.74 Å². The van der Waals surface area contributed by atoms with Crippen molar-refractivity contribution < 1.29 is 9.53 Å². The predicted octanol–water partition coefficient (Wildman–Crippen LogP) is 2.52. The Kier molecular flexibility index (Phi) is 3.57. The zero-order valence-electron chi connectivity index (χ0n) is 8.01. The fraction of sp³-hybridized carbons (Fsp3) is 0.900. The zero-order chi connectivity index (χ0) is 8.97. The lowest BCUT2D eigenvalue weighted by Crippen LogP contribution is -2.27. The number of hydrogen-bond donors (Lipinski definition) is 0. The second kappa shape index (κ2) is 4.48. The van der Waals surface area contributed by atoms with Crippen LogP contribution in [-0.4, -0.2) is 12.1 Å². The van der Waals surface area contributed by atoms with Crippen molar-refractivity contribution in [2.75, 3.05) is 0 Å². The molecule has 2 nitrogen and oxygen atoms in total. The molecule has 1 fully saturated rings. The van der Waals surface area contributed by atoms with Crippen LogP contribution in [0.15, 0.2) is 0 Å². The van der Waals surface area contributed by atoms with Gasteiger partial charge in [0.25, 0.3) is 0 Å². The summed E-state index contributed by atoms with van der Waals surface area (Å²) < 4.78 is 5.31. The van der Waals surface area contributed by atoms with E-state index in [1.807, 2.05) is 6.92 Å². The van der Waals surface area contributed by atoms with Gasteiger partial charge in [-0.3, -0.25) is 4.79 Å². The molecule has 0 aliphatic heterocycles. The first kappa shape index (κ1) is 9.56. The van der Waals surface area contributed by atoms with Crippen LogP contribution >= 0.6 is 0 Å². The molecule has 0 spiro atoms. The molecule has 0 radical (unpaired) electrons. The van der Waals surface area contributed by atoms with Crippen LogP contribution in [0.25, 0.3) is 0 Å². The lowest BCUT2D eigenvalue weighted by Gasteiger charge is -2.28. The van der Waals surface area contributed by atoms with Crippen molar-refractivity contribution in [2.24, 2.45) is 5.92 Å². The molecule has 0 aromatic rings. The van der Waals surface area contributed by atoms with Gasteiger partial charge in [-0.1, -0.05) is 20.3 Å². The number of hydrogen-bond acceptors (Lipinski definition) is 2. The van der Waals surface area contributed by atoms with Crippen molar-refractivity contribution in [3.8, 4) is 0 Å².